The van der Waals surface area contributed by atoms with Gasteiger partial charge in [0.2, 0.25) is 0 Å². The van der Waals surface area contributed by atoms with Crippen LogP contribution in [0, 0.1) is 0 Å². The third-order valence-electron chi connectivity index (χ3n) is 5.34. The number of morpholine rings is 1. The largest absolute Gasteiger partial charge is 0.378 e. The van der Waals surface area contributed by atoms with Gasteiger partial charge in [0.05, 0.1) is 25.0 Å². The molecule has 1 unspecified atom stereocenters. The monoisotopic (exact) mass is 362 g/mol. The lowest BCUT2D eigenvalue weighted by Crippen LogP contribution is -2.41. The number of ether oxygens (including phenoxy) is 2. The number of nitrogens with zero attached hydrogens (tertiary/aromatic N) is 3. The third-order valence-corrected chi connectivity index (χ3v) is 5.34. The lowest BCUT2D eigenvalue weighted by molar-refractivity contribution is 0.0298. The second kappa shape index (κ2) is 7.75. The summed E-state index contributed by atoms with van der Waals surface area (Å²) < 4.78 is 12.8. The molecular formula is C18H26N4O4. The van der Waals surface area contributed by atoms with Gasteiger partial charge in [-0.2, -0.15) is 0 Å². The number of fused-ring (bicyclic) bond motifs is 1. The summed E-state index contributed by atoms with van der Waals surface area (Å²) in [6.45, 7) is 4.25. The number of hydrogen-bond acceptors (Lipinski definition) is 5. The normalized spacial score (nSPS) is 22.9. The summed E-state index contributed by atoms with van der Waals surface area (Å²) in [5.41, 5.74) is 1.34. The number of hydrogen-bond donors (Lipinski definition) is 1. The van der Waals surface area contributed by atoms with Gasteiger partial charge in [0.15, 0.2) is 5.82 Å². The number of nitrogens with one attached hydrogen (secondary N) is 1. The van der Waals surface area contributed by atoms with Crippen LogP contribution < -0.4 is 5.32 Å². The first-order chi connectivity index (χ1) is 12.7. The zero-order valence-corrected chi connectivity index (χ0v) is 15.0. The van der Waals surface area contributed by atoms with Gasteiger partial charge >= 0.3 is 0 Å². The van der Waals surface area contributed by atoms with Crippen LogP contribution in [-0.2, 0) is 22.4 Å². The van der Waals surface area contributed by atoms with Crippen LogP contribution in [0.2, 0.25) is 0 Å². The maximum absolute atomic E-state index is 12.9. The van der Waals surface area contributed by atoms with Crippen LogP contribution in [0.5, 0.6) is 0 Å². The molecule has 2 fully saturated rings. The van der Waals surface area contributed by atoms with Gasteiger partial charge < -0.3 is 24.3 Å². The van der Waals surface area contributed by atoms with Crippen LogP contribution in [-0.4, -0.2) is 71.8 Å². The molecule has 0 spiro atoms. The van der Waals surface area contributed by atoms with E-state index in [0.29, 0.717) is 44.4 Å². The number of amides is 2. The molecule has 2 saturated heterocycles. The fourth-order valence-corrected chi connectivity index (χ4v) is 3.89. The van der Waals surface area contributed by atoms with Crippen LogP contribution in [0.1, 0.15) is 52.5 Å². The Hall–Kier alpha value is -1.93. The first-order valence-corrected chi connectivity index (χ1v) is 9.60. The molecule has 4 heterocycles. The van der Waals surface area contributed by atoms with Gasteiger partial charge in [0.25, 0.3) is 11.8 Å². The Morgan fingerprint density at radius 1 is 1.12 bits per heavy atom. The summed E-state index contributed by atoms with van der Waals surface area (Å²) in [7, 11) is 0. The fraction of sp³-hybridized carbons (Fsp3) is 0.722. The second-order valence-corrected chi connectivity index (χ2v) is 7.09. The van der Waals surface area contributed by atoms with Gasteiger partial charge in [-0.25, -0.2) is 4.98 Å². The summed E-state index contributed by atoms with van der Waals surface area (Å²) in [6, 6.07) is 0. The minimum absolute atomic E-state index is 0.0860. The zero-order chi connectivity index (χ0) is 17.9. The number of carbonyl (C=O) groups excluding carboxylic acids is 2. The molecule has 2 amide bonds. The predicted octanol–water partition coefficient (Wildman–Crippen LogP) is 0.601. The summed E-state index contributed by atoms with van der Waals surface area (Å²) in [4.78, 5) is 31.9. The van der Waals surface area contributed by atoms with E-state index in [1.165, 1.54) is 0 Å². The highest BCUT2D eigenvalue weighted by Crippen LogP contribution is 2.23. The number of rotatable bonds is 4. The van der Waals surface area contributed by atoms with Crippen molar-refractivity contribution in [3.05, 3.63) is 17.2 Å². The van der Waals surface area contributed by atoms with Gasteiger partial charge in [-0.1, -0.05) is 0 Å². The van der Waals surface area contributed by atoms with Gasteiger partial charge in [-0.05, 0) is 32.1 Å². The molecule has 1 aromatic rings. The standard InChI is InChI=1S/C18H26N4O4/c23-17(19-12-13-4-3-9-26-13)16-20-15(14-5-1-2-6-22(14)16)18(24)21-7-10-25-11-8-21/h13H,1-12H2,(H,19,23). The molecule has 1 aromatic heterocycles. The molecule has 8 heteroatoms. The Balaban J connectivity index is 1.53. The Bertz CT molecular complexity index is 675. The molecule has 4 rings (SSSR count). The van der Waals surface area contributed by atoms with Crippen molar-refractivity contribution < 1.29 is 19.1 Å². The van der Waals surface area contributed by atoms with Crippen LogP contribution in [0.3, 0.4) is 0 Å². The first kappa shape index (κ1) is 17.5. The van der Waals surface area contributed by atoms with Crippen molar-refractivity contribution in [3.8, 4) is 0 Å². The first-order valence-electron chi connectivity index (χ1n) is 9.60. The Labute approximate surface area is 152 Å². The van der Waals surface area contributed by atoms with Gasteiger partial charge in [-0.15, -0.1) is 0 Å². The third kappa shape index (κ3) is 3.48. The molecule has 0 saturated carbocycles. The maximum Gasteiger partial charge on any atom is 0.287 e. The summed E-state index contributed by atoms with van der Waals surface area (Å²) in [5.74, 6) is 0.0520. The summed E-state index contributed by atoms with van der Waals surface area (Å²) in [5, 5.41) is 2.93. The SMILES string of the molecule is O=C(NCC1CCCO1)c1nc(C(=O)N2CCOCC2)c2n1CCCC2. The molecule has 0 aromatic carbocycles. The summed E-state index contributed by atoms with van der Waals surface area (Å²) in [6.07, 6.45) is 4.91. The average Bonchev–Trinajstić information content (AvgIpc) is 3.34. The van der Waals surface area contributed by atoms with Crippen molar-refractivity contribution in [1.82, 2.24) is 19.8 Å². The lowest BCUT2D eigenvalue weighted by Gasteiger charge is -2.26. The van der Waals surface area contributed by atoms with Crippen molar-refractivity contribution >= 4 is 11.8 Å². The van der Waals surface area contributed by atoms with E-state index >= 15 is 0 Å². The van der Waals surface area contributed by atoms with E-state index in [4.69, 9.17) is 9.47 Å². The number of imidazole rings is 1. The zero-order valence-electron chi connectivity index (χ0n) is 15.0. The molecule has 26 heavy (non-hydrogen) atoms. The van der Waals surface area contributed by atoms with Crippen LogP contribution in [0.25, 0.3) is 0 Å². The van der Waals surface area contributed by atoms with E-state index in [1.807, 2.05) is 4.57 Å². The molecule has 8 nitrogen and oxygen atoms in total. The van der Waals surface area contributed by atoms with Crippen molar-refractivity contribution in [2.24, 2.45) is 0 Å². The van der Waals surface area contributed by atoms with E-state index in [9.17, 15) is 9.59 Å². The topological polar surface area (TPSA) is 85.7 Å². The van der Waals surface area contributed by atoms with Crippen molar-refractivity contribution in [2.45, 2.75) is 44.8 Å². The van der Waals surface area contributed by atoms with Crippen molar-refractivity contribution in [1.29, 1.82) is 0 Å². The molecule has 3 aliphatic heterocycles. The number of carbonyl (C=O) groups is 2. The van der Waals surface area contributed by atoms with E-state index in [1.54, 1.807) is 4.90 Å². The smallest absolute Gasteiger partial charge is 0.287 e. The fourth-order valence-electron chi connectivity index (χ4n) is 3.89. The molecule has 142 valence electrons. The highest BCUT2D eigenvalue weighted by atomic mass is 16.5. The molecule has 1 N–H and O–H groups in total. The van der Waals surface area contributed by atoms with Crippen molar-refractivity contribution in [3.63, 3.8) is 0 Å². The molecule has 0 aliphatic carbocycles. The molecule has 3 aliphatic rings. The van der Waals surface area contributed by atoms with Gasteiger partial charge in [-0.3, -0.25) is 9.59 Å². The predicted molar refractivity (Wildman–Crippen MR) is 93.2 cm³/mol. The van der Waals surface area contributed by atoms with E-state index in [0.717, 1.165) is 50.9 Å². The summed E-state index contributed by atoms with van der Waals surface area (Å²) >= 11 is 0. The Kier molecular flexibility index (Phi) is 5.21. The van der Waals surface area contributed by atoms with Gasteiger partial charge in [0.1, 0.15) is 5.69 Å². The number of aromatic nitrogens is 2. The van der Waals surface area contributed by atoms with E-state index in [2.05, 4.69) is 10.3 Å². The molecule has 0 radical (unpaired) electrons. The maximum atomic E-state index is 12.9. The Morgan fingerprint density at radius 3 is 2.73 bits per heavy atom. The highest BCUT2D eigenvalue weighted by Gasteiger charge is 2.30. The molecule has 0 bridgehead atoms. The van der Waals surface area contributed by atoms with E-state index < -0.39 is 0 Å². The van der Waals surface area contributed by atoms with Crippen molar-refractivity contribution in [2.75, 3.05) is 39.5 Å². The quantitative estimate of drug-likeness (QED) is 0.848. The van der Waals surface area contributed by atoms with Crippen LogP contribution in [0.15, 0.2) is 0 Å². The Morgan fingerprint density at radius 2 is 1.96 bits per heavy atom. The van der Waals surface area contributed by atoms with Gasteiger partial charge in [0, 0.05) is 32.8 Å². The minimum Gasteiger partial charge on any atom is -0.378 e. The van der Waals surface area contributed by atoms with Crippen LogP contribution >= 0.6 is 0 Å². The molecule has 1 atom stereocenters. The highest BCUT2D eigenvalue weighted by molar-refractivity contribution is 5.97. The molecular weight excluding hydrogens is 336 g/mol. The average molecular weight is 362 g/mol. The van der Waals surface area contributed by atoms with E-state index in [-0.39, 0.29) is 17.9 Å². The lowest BCUT2D eigenvalue weighted by atomic mass is 10.1. The minimum atomic E-state index is -0.218. The van der Waals surface area contributed by atoms with Crippen LogP contribution in [0.4, 0.5) is 0 Å². The second-order valence-electron chi connectivity index (χ2n) is 7.09.